The fourth-order valence-electron chi connectivity index (χ4n) is 2.42. The van der Waals surface area contributed by atoms with Gasteiger partial charge in [0.15, 0.2) is 0 Å². The molecule has 1 aromatic carbocycles. The van der Waals surface area contributed by atoms with Crippen molar-refractivity contribution < 1.29 is 5.11 Å². The molecule has 98 valence electrons. The highest BCUT2D eigenvalue weighted by Crippen LogP contribution is 2.33. The Bertz CT molecular complexity index is 416. The molecule has 1 heterocycles. The van der Waals surface area contributed by atoms with E-state index < -0.39 is 0 Å². The van der Waals surface area contributed by atoms with Crippen LogP contribution in [0.5, 0.6) is 5.75 Å². The summed E-state index contributed by atoms with van der Waals surface area (Å²) >= 11 is 6.03. The van der Waals surface area contributed by atoms with E-state index >= 15 is 0 Å². The van der Waals surface area contributed by atoms with Crippen molar-refractivity contribution in [3.8, 4) is 5.75 Å². The molecule has 0 aliphatic carbocycles. The van der Waals surface area contributed by atoms with Gasteiger partial charge in [-0.1, -0.05) is 17.7 Å². The molecule has 0 spiro atoms. The fraction of sp³-hybridized carbons (Fsp3) is 0.429. The van der Waals surface area contributed by atoms with Crippen molar-refractivity contribution in [2.45, 2.75) is 12.5 Å². The first-order chi connectivity index (χ1) is 8.72. The lowest BCUT2D eigenvalue weighted by molar-refractivity contribution is 0.172. The molecule has 0 saturated carbocycles. The van der Waals surface area contributed by atoms with Crippen LogP contribution >= 0.6 is 11.6 Å². The lowest BCUT2D eigenvalue weighted by Crippen LogP contribution is -2.45. The van der Waals surface area contributed by atoms with Crippen molar-refractivity contribution in [2.24, 2.45) is 0 Å². The summed E-state index contributed by atoms with van der Waals surface area (Å²) < 4.78 is 0. The van der Waals surface area contributed by atoms with Crippen LogP contribution in [0.2, 0.25) is 5.02 Å². The lowest BCUT2D eigenvalue weighted by atomic mass is 10.00. The second-order valence-electron chi connectivity index (χ2n) is 4.53. The number of hydrogen-bond donors (Lipinski definition) is 2. The van der Waals surface area contributed by atoms with E-state index in [2.05, 4.69) is 16.8 Å². The number of benzene rings is 1. The first kappa shape index (κ1) is 13.4. The molecule has 2 rings (SSSR count). The van der Waals surface area contributed by atoms with Gasteiger partial charge in [0, 0.05) is 42.8 Å². The topological polar surface area (TPSA) is 35.5 Å². The van der Waals surface area contributed by atoms with Crippen molar-refractivity contribution in [1.29, 1.82) is 0 Å². The Balaban J connectivity index is 2.27. The molecule has 1 atom stereocenters. The number of halogens is 1. The quantitative estimate of drug-likeness (QED) is 0.823. The molecule has 1 saturated heterocycles. The van der Waals surface area contributed by atoms with E-state index in [0.717, 1.165) is 38.2 Å². The largest absolute Gasteiger partial charge is 0.508 e. The maximum absolute atomic E-state index is 10.0. The average molecular weight is 267 g/mol. The van der Waals surface area contributed by atoms with E-state index in [0.29, 0.717) is 10.8 Å². The van der Waals surface area contributed by atoms with Crippen LogP contribution in [0.3, 0.4) is 0 Å². The highest BCUT2D eigenvalue weighted by atomic mass is 35.5. The van der Waals surface area contributed by atoms with Gasteiger partial charge in [0.05, 0.1) is 0 Å². The molecular formula is C14H19ClN2O. The van der Waals surface area contributed by atoms with E-state index in [1.807, 2.05) is 12.1 Å². The van der Waals surface area contributed by atoms with Crippen LogP contribution in [-0.2, 0) is 0 Å². The van der Waals surface area contributed by atoms with Gasteiger partial charge in [0.2, 0.25) is 0 Å². The summed E-state index contributed by atoms with van der Waals surface area (Å²) in [7, 11) is 0. The zero-order chi connectivity index (χ0) is 13.0. The number of nitrogens with one attached hydrogen (secondary N) is 1. The van der Waals surface area contributed by atoms with E-state index in [4.69, 9.17) is 11.6 Å². The minimum Gasteiger partial charge on any atom is -0.508 e. The van der Waals surface area contributed by atoms with Gasteiger partial charge in [0.25, 0.3) is 0 Å². The normalized spacial score (nSPS) is 18.5. The predicted molar refractivity (Wildman–Crippen MR) is 75.1 cm³/mol. The van der Waals surface area contributed by atoms with Crippen LogP contribution in [0.25, 0.3) is 0 Å². The zero-order valence-electron chi connectivity index (χ0n) is 10.4. The van der Waals surface area contributed by atoms with Crippen molar-refractivity contribution in [3.63, 3.8) is 0 Å². The zero-order valence-corrected chi connectivity index (χ0v) is 11.2. The van der Waals surface area contributed by atoms with E-state index in [1.165, 1.54) is 0 Å². The van der Waals surface area contributed by atoms with E-state index in [-0.39, 0.29) is 6.04 Å². The van der Waals surface area contributed by atoms with Crippen LogP contribution in [0.1, 0.15) is 18.0 Å². The second-order valence-corrected chi connectivity index (χ2v) is 4.97. The summed E-state index contributed by atoms with van der Waals surface area (Å²) in [6, 6.07) is 5.38. The van der Waals surface area contributed by atoms with Gasteiger partial charge in [-0.25, -0.2) is 0 Å². The first-order valence-electron chi connectivity index (χ1n) is 6.26. The highest BCUT2D eigenvalue weighted by Gasteiger charge is 2.23. The molecule has 1 fully saturated rings. The van der Waals surface area contributed by atoms with Crippen LogP contribution in [-0.4, -0.2) is 36.2 Å². The Labute approximate surface area is 113 Å². The molecule has 0 amide bonds. The summed E-state index contributed by atoms with van der Waals surface area (Å²) in [5.74, 6) is 0.310. The minimum absolute atomic E-state index is 0.156. The van der Waals surface area contributed by atoms with Crippen molar-refractivity contribution in [3.05, 3.63) is 41.4 Å². The molecule has 4 heteroatoms. The van der Waals surface area contributed by atoms with Crippen molar-refractivity contribution in [2.75, 3.05) is 26.2 Å². The Morgan fingerprint density at radius 1 is 1.44 bits per heavy atom. The van der Waals surface area contributed by atoms with Gasteiger partial charge in [-0.3, -0.25) is 4.90 Å². The standard InChI is InChI=1S/C14H19ClN2O/c1-2-3-13(17-8-6-16-7-9-17)12-10-11(15)4-5-14(12)18/h2,4-5,10,13,16,18H,1,3,6-9H2/t13-/m0/s1. The van der Waals surface area contributed by atoms with Gasteiger partial charge in [-0.15, -0.1) is 6.58 Å². The number of nitrogens with zero attached hydrogens (tertiary/aromatic N) is 1. The maximum Gasteiger partial charge on any atom is 0.120 e. The number of rotatable bonds is 4. The predicted octanol–water partition coefficient (Wildman–Crippen LogP) is 2.57. The van der Waals surface area contributed by atoms with Crippen LogP contribution < -0.4 is 5.32 Å². The summed E-state index contributed by atoms with van der Waals surface area (Å²) in [4.78, 5) is 2.36. The van der Waals surface area contributed by atoms with Crippen LogP contribution in [0.15, 0.2) is 30.9 Å². The number of aromatic hydroxyl groups is 1. The van der Waals surface area contributed by atoms with Gasteiger partial charge in [0.1, 0.15) is 5.75 Å². The molecule has 1 aliphatic rings. The molecule has 0 aromatic heterocycles. The third kappa shape index (κ3) is 3.05. The summed E-state index contributed by atoms with van der Waals surface area (Å²) in [6.07, 6.45) is 2.71. The highest BCUT2D eigenvalue weighted by molar-refractivity contribution is 6.30. The maximum atomic E-state index is 10.0. The average Bonchev–Trinajstić information content (AvgIpc) is 2.40. The molecule has 0 radical (unpaired) electrons. The molecule has 18 heavy (non-hydrogen) atoms. The van der Waals surface area contributed by atoms with Crippen LogP contribution in [0.4, 0.5) is 0 Å². The minimum atomic E-state index is 0.156. The fourth-order valence-corrected chi connectivity index (χ4v) is 2.60. The molecule has 1 aromatic rings. The third-order valence-electron chi connectivity index (χ3n) is 3.33. The molecule has 0 unspecified atom stereocenters. The number of phenolic OH excluding ortho intramolecular Hbond substituents is 1. The lowest BCUT2D eigenvalue weighted by Gasteiger charge is -2.35. The van der Waals surface area contributed by atoms with Gasteiger partial charge in [-0.05, 0) is 24.6 Å². The van der Waals surface area contributed by atoms with Gasteiger partial charge < -0.3 is 10.4 Å². The summed E-state index contributed by atoms with van der Waals surface area (Å²) in [5.41, 5.74) is 0.893. The van der Waals surface area contributed by atoms with E-state index in [1.54, 1.807) is 12.1 Å². The number of phenols is 1. The molecular weight excluding hydrogens is 248 g/mol. The van der Waals surface area contributed by atoms with Gasteiger partial charge in [-0.2, -0.15) is 0 Å². The van der Waals surface area contributed by atoms with E-state index in [9.17, 15) is 5.11 Å². The summed E-state index contributed by atoms with van der Waals surface area (Å²) in [5, 5.41) is 14.0. The van der Waals surface area contributed by atoms with Crippen molar-refractivity contribution >= 4 is 11.6 Å². The Hall–Kier alpha value is -1.03. The second kappa shape index (κ2) is 6.23. The SMILES string of the molecule is C=CC[C@@H](c1cc(Cl)ccc1O)N1CCNCC1. The number of hydrogen-bond acceptors (Lipinski definition) is 3. The number of piperazine rings is 1. The van der Waals surface area contributed by atoms with Crippen LogP contribution in [0, 0.1) is 0 Å². The summed E-state index contributed by atoms with van der Waals surface area (Å²) in [6.45, 7) is 7.73. The molecule has 0 bridgehead atoms. The Morgan fingerprint density at radius 2 is 2.17 bits per heavy atom. The molecule has 3 nitrogen and oxygen atoms in total. The van der Waals surface area contributed by atoms with Crippen molar-refractivity contribution in [1.82, 2.24) is 10.2 Å². The third-order valence-corrected chi connectivity index (χ3v) is 3.57. The molecule has 2 N–H and O–H groups in total. The monoisotopic (exact) mass is 266 g/mol. The Morgan fingerprint density at radius 3 is 2.83 bits per heavy atom. The van der Waals surface area contributed by atoms with Gasteiger partial charge >= 0.3 is 0 Å². The first-order valence-corrected chi connectivity index (χ1v) is 6.64. The molecule has 1 aliphatic heterocycles. The smallest absolute Gasteiger partial charge is 0.120 e. The Kier molecular flexibility index (Phi) is 4.64.